The highest BCUT2D eigenvalue weighted by atomic mass is 32.2. The molecule has 5 heteroatoms. The number of fused-ring (bicyclic) bond motifs is 2. The van der Waals surface area contributed by atoms with E-state index in [2.05, 4.69) is 86.6 Å². The average molecular weight is 601 g/mol. The molecule has 0 unspecified atom stereocenters. The van der Waals surface area contributed by atoms with E-state index in [-0.39, 0.29) is 10.8 Å². The zero-order valence-electron chi connectivity index (χ0n) is 27.5. The van der Waals surface area contributed by atoms with Crippen LogP contribution in [0.15, 0.2) is 34.1 Å². The second kappa shape index (κ2) is 14.7. The highest BCUT2D eigenvalue weighted by molar-refractivity contribution is 7.99. The summed E-state index contributed by atoms with van der Waals surface area (Å²) >= 11 is 1.82. The summed E-state index contributed by atoms with van der Waals surface area (Å²) in [6, 6.07) is 9.13. The molecule has 0 bridgehead atoms. The van der Waals surface area contributed by atoms with Gasteiger partial charge in [-0.1, -0.05) is 137 Å². The molecule has 3 nitrogen and oxygen atoms in total. The Morgan fingerprint density at radius 1 is 0.659 bits per heavy atom. The van der Waals surface area contributed by atoms with Crippen LogP contribution in [0.1, 0.15) is 159 Å². The maximum Gasteiger partial charge on any atom is 0.328 e. The average Bonchev–Trinajstić information content (AvgIpc) is 2.84. The Balaban J connectivity index is 2.01. The first-order valence-electron chi connectivity index (χ1n) is 16.1. The SMILES string of the molecule is CCCCCCCCCCCCCC1(OP(O)O)c2c(cc(C)cc2C(C)(C)C)Sc2cc(C)cc(C(C)(C)C)c21. The molecular formula is C36H57O3PS. The largest absolute Gasteiger partial charge is 0.328 e. The Morgan fingerprint density at radius 2 is 1.05 bits per heavy atom. The van der Waals surface area contributed by atoms with Crippen molar-refractivity contribution in [2.45, 2.75) is 166 Å². The summed E-state index contributed by atoms with van der Waals surface area (Å²) in [5, 5.41) is 0. The Hall–Kier alpha value is -0.900. The summed E-state index contributed by atoms with van der Waals surface area (Å²) in [6.45, 7) is 20.2. The first-order chi connectivity index (χ1) is 19.2. The maximum atomic E-state index is 10.6. The molecule has 2 N–H and O–H groups in total. The van der Waals surface area contributed by atoms with Crippen molar-refractivity contribution >= 4 is 20.4 Å². The third-order valence-corrected chi connectivity index (χ3v) is 10.1. The summed E-state index contributed by atoms with van der Waals surface area (Å²) in [7, 11) is -2.58. The zero-order valence-corrected chi connectivity index (χ0v) is 29.2. The molecule has 2 aromatic carbocycles. The Bertz CT molecular complexity index is 1070. The van der Waals surface area contributed by atoms with E-state index in [1.54, 1.807) is 0 Å². The number of hydrogen-bond donors (Lipinski definition) is 2. The Morgan fingerprint density at radius 3 is 1.41 bits per heavy atom. The third-order valence-electron chi connectivity index (χ3n) is 8.51. The quantitative estimate of drug-likeness (QED) is 0.167. The topological polar surface area (TPSA) is 49.7 Å². The monoisotopic (exact) mass is 600 g/mol. The van der Waals surface area contributed by atoms with Crippen LogP contribution in [-0.2, 0) is 21.0 Å². The van der Waals surface area contributed by atoms with E-state index in [4.69, 9.17) is 4.52 Å². The molecule has 0 fully saturated rings. The van der Waals surface area contributed by atoms with Gasteiger partial charge in [0.05, 0.1) is 0 Å². The maximum absolute atomic E-state index is 10.6. The molecule has 0 aromatic heterocycles. The normalized spacial score (nSPS) is 14.8. The number of hydrogen-bond acceptors (Lipinski definition) is 4. The van der Waals surface area contributed by atoms with E-state index in [1.807, 2.05) is 11.8 Å². The van der Waals surface area contributed by atoms with E-state index >= 15 is 0 Å². The molecular weight excluding hydrogens is 543 g/mol. The molecule has 1 aliphatic heterocycles. The molecule has 230 valence electrons. The standard InChI is InChI=1S/C36H57O3PS/c1-10-11-12-13-14-15-16-17-18-19-20-21-36(39-40(37)38)32-28(34(4,5)6)22-26(2)24-30(32)41-31-25-27(3)23-29(33(31)36)35(7,8)9/h22-25,37-38H,10-21H2,1-9H3. The van der Waals surface area contributed by atoms with Crippen LogP contribution >= 0.6 is 20.4 Å². The summed E-state index contributed by atoms with van der Waals surface area (Å²) in [4.78, 5) is 23.5. The number of unbranched alkanes of at least 4 members (excludes halogenated alkanes) is 10. The lowest BCUT2D eigenvalue weighted by Gasteiger charge is -2.46. The summed E-state index contributed by atoms with van der Waals surface area (Å²) < 4.78 is 6.54. The molecule has 0 saturated heterocycles. The van der Waals surface area contributed by atoms with Gasteiger partial charge in [-0.05, 0) is 71.9 Å². The van der Waals surface area contributed by atoms with Gasteiger partial charge in [-0.3, -0.25) is 4.52 Å². The van der Waals surface area contributed by atoms with Gasteiger partial charge >= 0.3 is 8.60 Å². The van der Waals surface area contributed by atoms with E-state index < -0.39 is 14.2 Å². The summed E-state index contributed by atoms with van der Waals surface area (Å²) in [5.74, 6) is 0. The lowest BCUT2D eigenvalue weighted by molar-refractivity contribution is 0.0694. The summed E-state index contributed by atoms with van der Waals surface area (Å²) in [5.41, 5.74) is 6.07. The Kier molecular flexibility index (Phi) is 12.4. The third kappa shape index (κ3) is 8.82. The van der Waals surface area contributed by atoms with Gasteiger partial charge in [0, 0.05) is 20.9 Å². The van der Waals surface area contributed by atoms with Crippen molar-refractivity contribution in [1.29, 1.82) is 0 Å². The molecule has 0 amide bonds. The lowest BCUT2D eigenvalue weighted by atomic mass is 9.69. The van der Waals surface area contributed by atoms with E-state index in [0.717, 1.165) is 30.4 Å². The van der Waals surface area contributed by atoms with Crippen LogP contribution in [0, 0.1) is 13.8 Å². The van der Waals surface area contributed by atoms with Crippen LogP contribution < -0.4 is 0 Å². The fourth-order valence-electron chi connectivity index (χ4n) is 6.49. The van der Waals surface area contributed by atoms with Crippen LogP contribution in [0.2, 0.25) is 0 Å². The van der Waals surface area contributed by atoms with Gasteiger partial charge in [0.1, 0.15) is 5.60 Å². The van der Waals surface area contributed by atoms with Gasteiger partial charge in [-0.2, -0.15) is 0 Å². The zero-order chi connectivity index (χ0) is 30.4. The van der Waals surface area contributed by atoms with Crippen molar-refractivity contribution in [3.8, 4) is 0 Å². The van der Waals surface area contributed by atoms with Gasteiger partial charge in [-0.25, -0.2) is 0 Å². The molecule has 1 heterocycles. The molecule has 0 atom stereocenters. The van der Waals surface area contributed by atoms with Gasteiger partial charge in [0.2, 0.25) is 0 Å². The van der Waals surface area contributed by atoms with Crippen LogP contribution in [0.3, 0.4) is 0 Å². The lowest BCUT2D eigenvalue weighted by Crippen LogP contribution is -2.39. The molecule has 3 rings (SSSR count). The van der Waals surface area contributed by atoms with Crippen molar-refractivity contribution in [3.63, 3.8) is 0 Å². The van der Waals surface area contributed by atoms with Crippen molar-refractivity contribution in [2.24, 2.45) is 0 Å². The molecule has 0 aliphatic carbocycles. The highest BCUT2D eigenvalue weighted by Gasteiger charge is 2.49. The number of aryl methyl sites for hydroxylation is 2. The molecule has 41 heavy (non-hydrogen) atoms. The Labute approximate surface area is 257 Å². The minimum absolute atomic E-state index is 0.125. The number of benzene rings is 2. The fourth-order valence-corrected chi connectivity index (χ4v) is 8.52. The van der Waals surface area contributed by atoms with Crippen LogP contribution in [-0.4, -0.2) is 9.79 Å². The van der Waals surface area contributed by atoms with E-state index in [1.165, 1.54) is 89.8 Å². The molecule has 0 spiro atoms. The van der Waals surface area contributed by atoms with Crippen LogP contribution in [0.4, 0.5) is 0 Å². The highest BCUT2D eigenvalue weighted by Crippen LogP contribution is 2.60. The molecule has 0 saturated carbocycles. The fraction of sp³-hybridized carbons (Fsp3) is 0.667. The molecule has 1 aliphatic rings. The predicted octanol–water partition coefficient (Wildman–Crippen LogP) is 11.5. The molecule has 0 radical (unpaired) electrons. The van der Waals surface area contributed by atoms with Crippen molar-refractivity contribution in [3.05, 3.63) is 57.6 Å². The smallest absolute Gasteiger partial charge is 0.328 e. The van der Waals surface area contributed by atoms with Crippen LogP contribution in [0.25, 0.3) is 0 Å². The second-order valence-electron chi connectivity index (χ2n) is 14.4. The predicted molar refractivity (Wildman–Crippen MR) is 178 cm³/mol. The minimum Gasteiger partial charge on any atom is -0.328 e. The van der Waals surface area contributed by atoms with Gasteiger partial charge in [-0.15, -0.1) is 0 Å². The van der Waals surface area contributed by atoms with Gasteiger partial charge < -0.3 is 9.79 Å². The summed E-state index contributed by atoms with van der Waals surface area (Å²) in [6.07, 6.45) is 14.8. The van der Waals surface area contributed by atoms with Crippen LogP contribution in [0.5, 0.6) is 0 Å². The van der Waals surface area contributed by atoms with Crippen molar-refractivity contribution < 1.29 is 14.3 Å². The van der Waals surface area contributed by atoms with Crippen molar-refractivity contribution in [1.82, 2.24) is 0 Å². The first kappa shape index (κ1) is 34.6. The van der Waals surface area contributed by atoms with E-state index in [0.29, 0.717) is 0 Å². The first-order valence-corrected chi connectivity index (χ1v) is 18.0. The minimum atomic E-state index is -2.58. The van der Waals surface area contributed by atoms with E-state index in [9.17, 15) is 9.79 Å². The molecule has 2 aromatic rings. The van der Waals surface area contributed by atoms with Crippen molar-refractivity contribution in [2.75, 3.05) is 0 Å². The second-order valence-corrected chi connectivity index (χ2v) is 16.2. The van der Waals surface area contributed by atoms with Gasteiger partial charge in [0.15, 0.2) is 0 Å². The number of rotatable bonds is 14. The van der Waals surface area contributed by atoms with Gasteiger partial charge in [0.25, 0.3) is 0 Å².